The predicted molar refractivity (Wildman–Crippen MR) is 62.6 cm³/mol. The SMILES string of the molecule is NC(=O)c1ccc(CSCCO)c(N)c1. The van der Waals surface area contributed by atoms with Crippen molar-refractivity contribution in [2.45, 2.75) is 5.75 Å². The van der Waals surface area contributed by atoms with Gasteiger partial charge in [0.1, 0.15) is 0 Å². The highest BCUT2D eigenvalue weighted by molar-refractivity contribution is 7.98. The number of nitrogen functional groups attached to an aromatic ring is 1. The molecule has 5 N–H and O–H groups in total. The summed E-state index contributed by atoms with van der Waals surface area (Å²) < 4.78 is 0. The van der Waals surface area contributed by atoms with Crippen LogP contribution in [0.15, 0.2) is 18.2 Å². The van der Waals surface area contributed by atoms with Crippen LogP contribution >= 0.6 is 11.8 Å². The van der Waals surface area contributed by atoms with Gasteiger partial charge in [-0.25, -0.2) is 0 Å². The number of aliphatic hydroxyl groups excluding tert-OH is 1. The number of thioether (sulfide) groups is 1. The number of hydrogen-bond donors (Lipinski definition) is 3. The minimum absolute atomic E-state index is 0.157. The standard InChI is InChI=1S/C10H14N2O2S/c11-9-5-7(10(12)14)1-2-8(9)6-15-4-3-13/h1-2,5,13H,3-4,6,11H2,(H2,12,14). The summed E-state index contributed by atoms with van der Waals surface area (Å²) in [6.45, 7) is 0.157. The fraction of sp³-hybridized carbons (Fsp3) is 0.300. The van der Waals surface area contributed by atoms with Gasteiger partial charge in [-0.05, 0) is 17.7 Å². The van der Waals surface area contributed by atoms with Crippen LogP contribution in [0.25, 0.3) is 0 Å². The van der Waals surface area contributed by atoms with Crippen molar-refractivity contribution in [1.29, 1.82) is 0 Å². The first kappa shape index (κ1) is 11.9. The Labute approximate surface area is 92.6 Å². The van der Waals surface area contributed by atoms with E-state index in [2.05, 4.69) is 0 Å². The molecule has 82 valence electrons. The second-order valence-corrected chi connectivity index (χ2v) is 4.16. The fourth-order valence-electron chi connectivity index (χ4n) is 1.13. The van der Waals surface area contributed by atoms with Crippen molar-refractivity contribution < 1.29 is 9.90 Å². The number of anilines is 1. The fourth-order valence-corrected chi connectivity index (χ4v) is 1.88. The van der Waals surface area contributed by atoms with E-state index < -0.39 is 5.91 Å². The molecule has 4 nitrogen and oxygen atoms in total. The quantitative estimate of drug-likeness (QED) is 0.506. The Morgan fingerprint density at radius 2 is 2.20 bits per heavy atom. The van der Waals surface area contributed by atoms with Crippen molar-refractivity contribution in [1.82, 2.24) is 0 Å². The molecule has 0 radical (unpaired) electrons. The topological polar surface area (TPSA) is 89.3 Å². The highest BCUT2D eigenvalue weighted by atomic mass is 32.2. The molecule has 0 unspecified atom stereocenters. The largest absolute Gasteiger partial charge is 0.398 e. The van der Waals surface area contributed by atoms with Crippen LogP contribution in [0.4, 0.5) is 5.69 Å². The van der Waals surface area contributed by atoms with Crippen molar-refractivity contribution in [3.8, 4) is 0 Å². The van der Waals surface area contributed by atoms with E-state index in [1.165, 1.54) is 0 Å². The molecule has 0 aromatic heterocycles. The van der Waals surface area contributed by atoms with Gasteiger partial charge in [-0.2, -0.15) is 11.8 Å². The lowest BCUT2D eigenvalue weighted by atomic mass is 10.1. The maximum Gasteiger partial charge on any atom is 0.248 e. The molecule has 0 spiro atoms. The van der Waals surface area contributed by atoms with Crippen LogP contribution in [0.3, 0.4) is 0 Å². The van der Waals surface area contributed by atoms with Crippen LogP contribution in [0.5, 0.6) is 0 Å². The molecular weight excluding hydrogens is 212 g/mol. The van der Waals surface area contributed by atoms with E-state index in [9.17, 15) is 4.79 Å². The van der Waals surface area contributed by atoms with Crippen LogP contribution in [-0.4, -0.2) is 23.4 Å². The van der Waals surface area contributed by atoms with Gasteiger partial charge in [0.05, 0.1) is 6.61 Å². The third-order valence-electron chi connectivity index (χ3n) is 1.92. The summed E-state index contributed by atoms with van der Waals surface area (Å²) in [5.41, 5.74) is 12.8. The Hall–Kier alpha value is -1.20. The lowest BCUT2D eigenvalue weighted by Crippen LogP contribution is -2.11. The Bertz CT molecular complexity index is 355. The average Bonchev–Trinajstić information content (AvgIpc) is 2.20. The van der Waals surface area contributed by atoms with E-state index in [-0.39, 0.29) is 6.61 Å². The van der Waals surface area contributed by atoms with Gasteiger partial charge in [0.25, 0.3) is 0 Å². The number of carbonyl (C=O) groups is 1. The van der Waals surface area contributed by atoms with Gasteiger partial charge < -0.3 is 16.6 Å². The molecule has 0 saturated heterocycles. The van der Waals surface area contributed by atoms with Crippen molar-refractivity contribution in [3.05, 3.63) is 29.3 Å². The van der Waals surface area contributed by atoms with Gasteiger partial charge in [-0.15, -0.1) is 0 Å². The van der Waals surface area contributed by atoms with Crippen molar-refractivity contribution >= 4 is 23.4 Å². The molecule has 0 aliphatic carbocycles. The molecule has 0 bridgehead atoms. The number of primary amides is 1. The van der Waals surface area contributed by atoms with Gasteiger partial charge in [-0.1, -0.05) is 6.07 Å². The Balaban J connectivity index is 2.70. The highest BCUT2D eigenvalue weighted by Gasteiger charge is 2.04. The molecule has 0 fully saturated rings. The van der Waals surface area contributed by atoms with Crippen LogP contribution in [0, 0.1) is 0 Å². The van der Waals surface area contributed by atoms with Crippen LogP contribution < -0.4 is 11.5 Å². The zero-order chi connectivity index (χ0) is 11.3. The van der Waals surface area contributed by atoms with Gasteiger partial charge in [0.15, 0.2) is 0 Å². The van der Waals surface area contributed by atoms with Gasteiger partial charge in [0, 0.05) is 22.8 Å². The molecule has 1 amide bonds. The molecule has 0 aliphatic heterocycles. The second-order valence-electron chi connectivity index (χ2n) is 3.05. The van der Waals surface area contributed by atoms with E-state index in [0.29, 0.717) is 17.0 Å². The predicted octanol–water partition coefficient (Wildman–Crippen LogP) is 0.593. The summed E-state index contributed by atoms with van der Waals surface area (Å²) in [5, 5.41) is 8.62. The number of carbonyl (C=O) groups excluding carboxylic acids is 1. The smallest absolute Gasteiger partial charge is 0.248 e. The molecule has 15 heavy (non-hydrogen) atoms. The molecule has 1 aromatic carbocycles. The zero-order valence-electron chi connectivity index (χ0n) is 8.27. The summed E-state index contributed by atoms with van der Waals surface area (Å²) in [7, 11) is 0. The van der Waals surface area contributed by atoms with Gasteiger partial charge >= 0.3 is 0 Å². The Morgan fingerprint density at radius 1 is 1.47 bits per heavy atom. The third kappa shape index (κ3) is 3.45. The summed E-state index contributed by atoms with van der Waals surface area (Å²) in [4.78, 5) is 10.9. The van der Waals surface area contributed by atoms with Crippen LogP contribution in [0.2, 0.25) is 0 Å². The normalized spacial score (nSPS) is 10.2. The zero-order valence-corrected chi connectivity index (χ0v) is 9.09. The average molecular weight is 226 g/mol. The molecule has 0 atom stereocenters. The highest BCUT2D eigenvalue weighted by Crippen LogP contribution is 2.19. The minimum Gasteiger partial charge on any atom is -0.398 e. The molecule has 5 heteroatoms. The number of aliphatic hydroxyl groups is 1. The summed E-state index contributed by atoms with van der Waals surface area (Å²) >= 11 is 1.59. The van der Waals surface area contributed by atoms with E-state index >= 15 is 0 Å². The van der Waals surface area contributed by atoms with Crippen molar-refractivity contribution in [2.75, 3.05) is 18.1 Å². The molecule has 0 heterocycles. The first-order valence-corrected chi connectivity index (χ1v) is 5.67. The summed E-state index contributed by atoms with van der Waals surface area (Å²) in [6.07, 6.45) is 0. The monoisotopic (exact) mass is 226 g/mol. The third-order valence-corrected chi connectivity index (χ3v) is 2.91. The number of amides is 1. The first-order valence-electron chi connectivity index (χ1n) is 4.52. The number of hydrogen-bond acceptors (Lipinski definition) is 4. The summed E-state index contributed by atoms with van der Waals surface area (Å²) in [5.74, 6) is 0.930. The molecular formula is C10H14N2O2S. The maximum atomic E-state index is 10.9. The molecule has 0 aliphatic rings. The first-order chi connectivity index (χ1) is 7.15. The summed E-state index contributed by atoms with van der Waals surface area (Å²) in [6, 6.07) is 5.03. The van der Waals surface area contributed by atoms with E-state index in [1.54, 1.807) is 30.0 Å². The molecule has 0 saturated carbocycles. The Kier molecular flexibility index (Phi) is 4.45. The lowest BCUT2D eigenvalue weighted by Gasteiger charge is -2.06. The Morgan fingerprint density at radius 3 is 2.73 bits per heavy atom. The lowest BCUT2D eigenvalue weighted by molar-refractivity contribution is 0.100. The van der Waals surface area contributed by atoms with Crippen LogP contribution in [0.1, 0.15) is 15.9 Å². The maximum absolute atomic E-state index is 10.9. The van der Waals surface area contributed by atoms with Crippen molar-refractivity contribution in [3.63, 3.8) is 0 Å². The van der Waals surface area contributed by atoms with Gasteiger partial charge in [-0.3, -0.25) is 4.79 Å². The van der Waals surface area contributed by atoms with Gasteiger partial charge in [0.2, 0.25) is 5.91 Å². The van der Waals surface area contributed by atoms with Crippen LogP contribution in [-0.2, 0) is 5.75 Å². The molecule has 1 aromatic rings. The second kappa shape index (κ2) is 5.63. The van der Waals surface area contributed by atoms with E-state index in [4.69, 9.17) is 16.6 Å². The van der Waals surface area contributed by atoms with E-state index in [1.807, 2.05) is 0 Å². The minimum atomic E-state index is -0.476. The number of benzene rings is 1. The number of rotatable bonds is 5. The number of nitrogens with two attached hydrogens (primary N) is 2. The van der Waals surface area contributed by atoms with Crippen molar-refractivity contribution in [2.24, 2.45) is 5.73 Å². The molecule has 1 rings (SSSR count). The van der Waals surface area contributed by atoms with E-state index in [0.717, 1.165) is 11.3 Å².